The minimum absolute atomic E-state index is 0.326. The molecular weight excluding hydrogens is 401 g/mol. The van der Waals surface area contributed by atoms with Gasteiger partial charge < -0.3 is 5.32 Å². The third-order valence-corrected chi connectivity index (χ3v) is 5.18. The normalized spacial score (nSPS) is 14.9. The Bertz CT molecular complexity index is 1250. The zero-order chi connectivity index (χ0) is 19.3. The smallest absolute Gasteiger partial charge is 0.288 e. The Morgan fingerprint density at radius 3 is 2.61 bits per heavy atom. The molecule has 0 saturated heterocycles. The summed E-state index contributed by atoms with van der Waals surface area (Å²) in [6.07, 6.45) is 0. The fraction of sp³-hybridized carbons (Fsp3) is 0.0556. The van der Waals surface area contributed by atoms with Crippen LogP contribution in [0.25, 0.3) is 11.3 Å². The Hall–Kier alpha value is -3.23. The molecule has 1 unspecified atom stereocenters. The van der Waals surface area contributed by atoms with E-state index in [1.54, 1.807) is 22.9 Å². The maximum absolute atomic E-state index is 12.6. The molecular formula is C18H11Cl2N7O. The summed E-state index contributed by atoms with van der Waals surface area (Å²) in [7, 11) is 0. The van der Waals surface area contributed by atoms with Crippen LogP contribution in [0.4, 0.5) is 11.6 Å². The van der Waals surface area contributed by atoms with E-state index in [-0.39, 0.29) is 5.56 Å². The summed E-state index contributed by atoms with van der Waals surface area (Å²) in [4.78, 5) is 12.6. The van der Waals surface area contributed by atoms with Crippen LogP contribution >= 0.6 is 23.2 Å². The molecule has 0 fully saturated rings. The third-order valence-electron chi connectivity index (χ3n) is 4.59. The van der Waals surface area contributed by atoms with Crippen molar-refractivity contribution in [1.82, 2.24) is 30.4 Å². The summed E-state index contributed by atoms with van der Waals surface area (Å²) in [5.74, 6) is 0.344. The molecule has 1 aliphatic rings. The average Bonchev–Trinajstić information content (AvgIpc) is 3.17. The Balaban J connectivity index is 1.84. The largest absolute Gasteiger partial charge is 0.318 e. The van der Waals surface area contributed by atoms with E-state index < -0.39 is 6.04 Å². The molecule has 0 aliphatic carbocycles. The van der Waals surface area contributed by atoms with Crippen molar-refractivity contribution in [3.63, 3.8) is 0 Å². The van der Waals surface area contributed by atoms with Gasteiger partial charge in [-0.15, -0.1) is 0 Å². The molecule has 5 rings (SSSR count). The third kappa shape index (κ3) is 2.57. The lowest BCUT2D eigenvalue weighted by Gasteiger charge is -2.28. The summed E-state index contributed by atoms with van der Waals surface area (Å²) < 4.78 is 1.59. The van der Waals surface area contributed by atoms with Gasteiger partial charge in [-0.2, -0.15) is 9.78 Å². The van der Waals surface area contributed by atoms with E-state index in [9.17, 15) is 4.79 Å². The molecule has 1 atom stereocenters. The molecule has 0 bridgehead atoms. The number of halogens is 2. The molecule has 2 aromatic carbocycles. The second kappa shape index (κ2) is 6.43. The number of anilines is 2. The first-order chi connectivity index (χ1) is 13.6. The predicted molar refractivity (Wildman–Crippen MR) is 105 cm³/mol. The first-order valence-electron chi connectivity index (χ1n) is 8.31. The van der Waals surface area contributed by atoms with E-state index in [1.165, 1.54) is 0 Å². The maximum Gasteiger partial charge on any atom is 0.288 e. The number of hydrogen-bond acceptors (Lipinski definition) is 6. The van der Waals surface area contributed by atoms with Crippen molar-refractivity contribution >= 4 is 34.8 Å². The fourth-order valence-electron chi connectivity index (χ4n) is 3.35. The van der Waals surface area contributed by atoms with Crippen molar-refractivity contribution in [3.05, 3.63) is 80.1 Å². The van der Waals surface area contributed by atoms with Gasteiger partial charge in [0, 0.05) is 26.7 Å². The van der Waals surface area contributed by atoms with E-state index in [1.807, 2.05) is 30.3 Å². The predicted octanol–water partition coefficient (Wildman–Crippen LogP) is 3.42. The van der Waals surface area contributed by atoms with Gasteiger partial charge in [0.05, 0.1) is 5.69 Å². The molecule has 0 radical (unpaired) electrons. The quantitative estimate of drug-likeness (QED) is 0.461. The van der Waals surface area contributed by atoms with Crippen LogP contribution in [0.3, 0.4) is 0 Å². The number of tetrazole rings is 1. The Labute approximate surface area is 168 Å². The van der Waals surface area contributed by atoms with E-state index in [2.05, 4.69) is 31.0 Å². The monoisotopic (exact) mass is 411 g/mol. The van der Waals surface area contributed by atoms with Crippen molar-refractivity contribution in [2.24, 2.45) is 0 Å². The summed E-state index contributed by atoms with van der Waals surface area (Å²) >= 11 is 12.5. The Kier molecular flexibility index (Phi) is 3.88. The lowest BCUT2D eigenvalue weighted by Crippen LogP contribution is -2.29. The highest BCUT2D eigenvalue weighted by molar-refractivity contribution is 6.31. The van der Waals surface area contributed by atoms with Gasteiger partial charge in [-0.25, -0.2) is 5.10 Å². The molecule has 10 heteroatoms. The first kappa shape index (κ1) is 16.9. The molecule has 28 heavy (non-hydrogen) atoms. The first-order valence-corrected chi connectivity index (χ1v) is 9.07. The van der Waals surface area contributed by atoms with Gasteiger partial charge >= 0.3 is 0 Å². The molecule has 4 aromatic rings. The summed E-state index contributed by atoms with van der Waals surface area (Å²) in [6, 6.07) is 14.0. The fourth-order valence-corrected chi connectivity index (χ4v) is 3.71. The van der Waals surface area contributed by atoms with E-state index in [0.29, 0.717) is 32.9 Å². The van der Waals surface area contributed by atoms with Crippen molar-refractivity contribution in [2.75, 3.05) is 5.32 Å². The molecule has 0 saturated carbocycles. The number of nitrogens with zero attached hydrogens (tertiary/aromatic N) is 5. The molecule has 2 aromatic heterocycles. The average molecular weight is 412 g/mol. The van der Waals surface area contributed by atoms with Crippen LogP contribution in [0, 0.1) is 0 Å². The van der Waals surface area contributed by atoms with Crippen LogP contribution in [0.1, 0.15) is 17.2 Å². The number of aromatic amines is 1. The van der Waals surface area contributed by atoms with Crippen LogP contribution in [0.5, 0.6) is 0 Å². The number of fused-ring (bicyclic) bond motifs is 2. The minimum Gasteiger partial charge on any atom is -0.318 e. The van der Waals surface area contributed by atoms with Gasteiger partial charge in [0.15, 0.2) is 0 Å². The molecule has 0 amide bonds. The van der Waals surface area contributed by atoms with Gasteiger partial charge in [0.25, 0.3) is 5.56 Å². The number of aromatic nitrogens is 6. The van der Waals surface area contributed by atoms with Gasteiger partial charge in [0.2, 0.25) is 5.95 Å². The summed E-state index contributed by atoms with van der Waals surface area (Å²) in [6.45, 7) is 0. The van der Waals surface area contributed by atoms with Gasteiger partial charge in [-0.05, 0) is 28.6 Å². The number of benzene rings is 2. The number of H-pyrrole nitrogens is 1. The lowest BCUT2D eigenvalue weighted by molar-refractivity contribution is 0.567. The SMILES string of the molecule is O=c1[nH]nc(-c2ccc(Cl)cc2)c2c1Nc1nnnn1C2c1ccccc1Cl. The van der Waals surface area contributed by atoms with Crippen LogP contribution < -0.4 is 10.9 Å². The van der Waals surface area contributed by atoms with Gasteiger partial charge in [-0.1, -0.05) is 58.6 Å². The molecule has 138 valence electrons. The molecule has 2 N–H and O–H groups in total. The molecule has 0 spiro atoms. The van der Waals surface area contributed by atoms with E-state index >= 15 is 0 Å². The van der Waals surface area contributed by atoms with Crippen LogP contribution in [0.2, 0.25) is 10.0 Å². The molecule has 8 nitrogen and oxygen atoms in total. The van der Waals surface area contributed by atoms with Crippen molar-refractivity contribution in [1.29, 1.82) is 0 Å². The number of hydrogen-bond donors (Lipinski definition) is 2. The van der Waals surface area contributed by atoms with E-state index in [0.717, 1.165) is 11.1 Å². The van der Waals surface area contributed by atoms with Crippen LogP contribution in [-0.2, 0) is 0 Å². The highest BCUT2D eigenvalue weighted by Crippen LogP contribution is 2.42. The van der Waals surface area contributed by atoms with Gasteiger partial charge in [0.1, 0.15) is 11.7 Å². The lowest BCUT2D eigenvalue weighted by atomic mass is 9.92. The highest BCUT2D eigenvalue weighted by atomic mass is 35.5. The molecule has 1 aliphatic heterocycles. The van der Waals surface area contributed by atoms with Crippen molar-refractivity contribution < 1.29 is 0 Å². The summed E-state index contributed by atoms with van der Waals surface area (Å²) in [5.41, 5.74) is 2.69. The number of nitrogens with one attached hydrogen (secondary N) is 2. The Morgan fingerprint density at radius 1 is 1.04 bits per heavy atom. The van der Waals surface area contributed by atoms with E-state index in [4.69, 9.17) is 23.2 Å². The zero-order valence-electron chi connectivity index (χ0n) is 14.1. The maximum atomic E-state index is 12.6. The number of rotatable bonds is 2. The van der Waals surface area contributed by atoms with Crippen LogP contribution in [0.15, 0.2) is 53.3 Å². The minimum atomic E-state index is -0.532. The topological polar surface area (TPSA) is 101 Å². The van der Waals surface area contributed by atoms with Gasteiger partial charge in [-0.3, -0.25) is 4.79 Å². The Morgan fingerprint density at radius 2 is 1.82 bits per heavy atom. The second-order valence-electron chi connectivity index (χ2n) is 6.19. The van der Waals surface area contributed by atoms with Crippen molar-refractivity contribution in [2.45, 2.75) is 6.04 Å². The second-order valence-corrected chi connectivity index (χ2v) is 7.04. The molecule has 3 heterocycles. The standard InChI is InChI=1S/C18H11Cl2N7O/c19-10-7-5-9(6-8-10)14-13-15(17(28)23-22-14)21-18-24-25-26-27(18)16(13)11-3-1-2-4-12(11)20/h1-8,16H,(H,23,28)(H,21,24,26). The zero-order valence-corrected chi connectivity index (χ0v) is 15.6. The summed E-state index contributed by atoms with van der Waals surface area (Å²) in [5, 5.41) is 22.8. The van der Waals surface area contributed by atoms with Crippen molar-refractivity contribution in [3.8, 4) is 11.3 Å². The van der Waals surface area contributed by atoms with Crippen LogP contribution in [-0.4, -0.2) is 30.4 Å². The highest BCUT2D eigenvalue weighted by Gasteiger charge is 2.35.